The zero-order valence-electron chi connectivity index (χ0n) is 9.01. The van der Waals surface area contributed by atoms with Crippen molar-refractivity contribution in [3.05, 3.63) is 48.0 Å². The normalized spacial score (nSPS) is 49.4. The van der Waals surface area contributed by atoms with Crippen LogP contribution in [-0.4, -0.2) is 0 Å². The molecule has 0 aliphatic heterocycles. The van der Waals surface area contributed by atoms with Crippen molar-refractivity contribution in [1.29, 1.82) is 0 Å². The highest BCUT2D eigenvalue weighted by Crippen LogP contribution is 2.71. The third kappa shape index (κ3) is 0.884. The van der Waals surface area contributed by atoms with Gasteiger partial charge >= 0.3 is 0 Å². The highest BCUT2D eigenvalue weighted by atomic mass is 14.7. The van der Waals surface area contributed by atoms with Crippen molar-refractivity contribution in [3.63, 3.8) is 0 Å². The molecule has 0 heteroatoms. The van der Waals surface area contributed by atoms with Gasteiger partial charge in [-0.25, -0.2) is 0 Å². The molecule has 0 nitrogen and oxygen atoms in total. The van der Waals surface area contributed by atoms with Gasteiger partial charge in [-0.05, 0) is 41.1 Å². The fourth-order valence-electron chi connectivity index (χ4n) is 4.33. The number of rotatable bonds is 1. The van der Waals surface area contributed by atoms with Gasteiger partial charge < -0.3 is 0 Å². The van der Waals surface area contributed by atoms with Gasteiger partial charge in [0.25, 0.3) is 0 Å². The zero-order valence-corrected chi connectivity index (χ0v) is 9.01. The SMILES string of the molecule is C[C@H]1C2C3C=CC1[C@H](c1ccccc1)C32. The minimum atomic E-state index is 0.826. The molecular formula is C15H16. The molecule has 1 aromatic rings. The minimum Gasteiger partial charge on any atom is -0.0845 e. The van der Waals surface area contributed by atoms with Gasteiger partial charge in [0.05, 0.1) is 0 Å². The molecule has 1 aromatic carbocycles. The van der Waals surface area contributed by atoms with Crippen LogP contribution in [0.25, 0.3) is 0 Å². The maximum absolute atomic E-state index is 2.49. The molecule has 0 N–H and O–H groups in total. The molecule has 2 fully saturated rings. The maximum atomic E-state index is 2.49. The van der Waals surface area contributed by atoms with Gasteiger partial charge in [0.1, 0.15) is 0 Å². The third-order valence-corrected chi connectivity index (χ3v) is 4.98. The van der Waals surface area contributed by atoms with Crippen LogP contribution in [0.4, 0.5) is 0 Å². The first-order chi connectivity index (χ1) is 7.38. The third-order valence-electron chi connectivity index (χ3n) is 4.98. The summed E-state index contributed by atoms with van der Waals surface area (Å²) >= 11 is 0. The van der Waals surface area contributed by atoms with E-state index in [2.05, 4.69) is 49.4 Å². The van der Waals surface area contributed by atoms with Gasteiger partial charge in [-0.1, -0.05) is 49.4 Å². The first-order valence-electron chi connectivity index (χ1n) is 6.11. The van der Waals surface area contributed by atoms with Crippen LogP contribution < -0.4 is 0 Å². The number of allylic oxidation sites excluding steroid dienone is 2. The second-order valence-electron chi connectivity index (χ2n) is 5.49. The van der Waals surface area contributed by atoms with Crippen LogP contribution in [0.2, 0.25) is 0 Å². The molecule has 0 heterocycles. The minimum absolute atomic E-state index is 0.826. The largest absolute Gasteiger partial charge is 0.0845 e. The van der Waals surface area contributed by atoms with Crippen LogP contribution >= 0.6 is 0 Å². The molecule has 0 aromatic heterocycles. The standard InChI is InChI=1S/C15H16/c1-9-11-7-8-12-13(9)15(12)14(11)10-5-3-2-4-6-10/h2-9,11-15H,1H3/t9-,11?,12?,13?,14+,15?/m1/s1. The van der Waals surface area contributed by atoms with Crippen molar-refractivity contribution < 1.29 is 0 Å². The Kier molecular flexibility index (Phi) is 1.39. The van der Waals surface area contributed by atoms with Crippen molar-refractivity contribution in [1.82, 2.24) is 0 Å². The van der Waals surface area contributed by atoms with Gasteiger partial charge in [0.2, 0.25) is 0 Å². The lowest BCUT2D eigenvalue weighted by Gasteiger charge is -2.29. The molecule has 5 rings (SSSR count). The van der Waals surface area contributed by atoms with Crippen molar-refractivity contribution >= 4 is 0 Å². The van der Waals surface area contributed by atoms with E-state index in [9.17, 15) is 0 Å². The first kappa shape index (κ1) is 8.15. The topological polar surface area (TPSA) is 0 Å². The molecule has 2 saturated carbocycles. The smallest absolute Gasteiger partial charge is 0.00593 e. The molecule has 15 heavy (non-hydrogen) atoms. The zero-order chi connectivity index (χ0) is 9.99. The summed E-state index contributed by atoms with van der Waals surface area (Å²) in [7, 11) is 0. The molecule has 0 spiro atoms. The molecule has 4 aliphatic rings. The molecule has 4 aliphatic carbocycles. The van der Waals surface area contributed by atoms with Crippen molar-refractivity contribution in [2.75, 3.05) is 0 Å². The van der Waals surface area contributed by atoms with E-state index in [-0.39, 0.29) is 0 Å². The second-order valence-corrected chi connectivity index (χ2v) is 5.49. The van der Waals surface area contributed by atoms with Crippen LogP contribution in [0.3, 0.4) is 0 Å². The first-order valence-corrected chi connectivity index (χ1v) is 6.11. The van der Waals surface area contributed by atoms with Gasteiger partial charge in [-0.15, -0.1) is 0 Å². The Bertz CT molecular complexity index is 417. The van der Waals surface area contributed by atoms with E-state index in [4.69, 9.17) is 0 Å². The monoisotopic (exact) mass is 196 g/mol. The number of hydrogen-bond donors (Lipinski definition) is 0. The van der Waals surface area contributed by atoms with Crippen LogP contribution in [0, 0.1) is 29.6 Å². The summed E-state index contributed by atoms with van der Waals surface area (Å²) < 4.78 is 0. The molecular weight excluding hydrogens is 180 g/mol. The molecule has 76 valence electrons. The summed E-state index contributed by atoms with van der Waals surface area (Å²) in [6.07, 6.45) is 4.98. The number of benzene rings is 1. The average Bonchev–Trinajstić information content (AvgIpc) is 2.97. The summed E-state index contributed by atoms with van der Waals surface area (Å²) in [5.74, 6) is 5.52. The Morgan fingerprint density at radius 3 is 2.20 bits per heavy atom. The predicted molar refractivity (Wildman–Crippen MR) is 61.4 cm³/mol. The van der Waals surface area contributed by atoms with E-state index in [1.165, 1.54) is 0 Å². The summed E-state index contributed by atoms with van der Waals surface area (Å²) in [5, 5.41) is 0. The lowest BCUT2D eigenvalue weighted by molar-refractivity contribution is 0.354. The second kappa shape index (κ2) is 2.55. The maximum Gasteiger partial charge on any atom is -0.00593 e. The van der Waals surface area contributed by atoms with Crippen LogP contribution in [0.15, 0.2) is 42.5 Å². The predicted octanol–water partition coefficient (Wildman–Crippen LogP) is 3.47. The van der Waals surface area contributed by atoms with Crippen molar-refractivity contribution in [2.45, 2.75) is 12.8 Å². The van der Waals surface area contributed by atoms with E-state index in [0.717, 1.165) is 35.5 Å². The van der Waals surface area contributed by atoms with Crippen LogP contribution in [0.5, 0.6) is 0 Å². The van der Waals surface area contributed by atoms with Crippen molar-refractivity contribution in [2.24, 2.45) is 29.6 Å². The molecule has 4 unspecified atom stereocenters. The molecule has 0 amide bonds. The summed E-state index contributed by atoms with van der Waals surface area (Å²) in [6, 6.07) is 11.1. The van der Waals surface area contributed by atoms with Crippen LogP contribution in [-0.2, 0) is 0 Å². The van der Waals surface area contributed by atoms with E-state index in [1.807, 2.05) is 0 Å². The lowest BCUT2D eigenvalue weighted by Crippen LogP contribution is -2.20. The van der Waals surface area contributed by atoms with Gasteiger partial charge in [0, 0.05) is 0 Å². The molecule has 6 atom stereocenters. The molecule has 0 saturated heterocycles. The molecule has 0 radical (unpaired) electrons. The van der Waals surface area contributed by atoms with Crippen LogP contribution in [0.1, 0.15) is 18.4 Å². The van der Waals surface area contributed by atoms with E-state index < -0.39 is 0 Å². The Morgan fingerprint density at radius 2 is 1.60 bits per heavy atom. The van der Waals surface area contributed by atoms with Gasteiger partial charge in [-0.3, -0.25) is 0 Å². The summed E-state index contributed by atoms with van der Waals surface area (Å²) in [5.41, 5.74) is 1.58. The van der Waals surface area contributed by atoms with Crippen molar-refractivity contribution in [3.8, 4) is 0 Å². The van der Waals surface area contributed by atoms with E-state index >= 15 is 0 Å². The molecule has 4 bridgehead atoms. The summed E-state index contributed by atoms with van der Waals surface area (Å²) in [4.78, 5) is 0. The Balaban J connectivity index is 1.79. The average molecular weight is 196 g/mol. The van der Waals surface area contributed by atoms with Gasteiger partial charge in [0.15, 0.2) is 0 Å². The van der Waals surface area contributed by atoms with E-state index in [0.29, 0.717) is 0 Å². The fourth-order valence-corrected chi connectivity index (χ4v) is 4.33. The Hall–Kier alpha value is -1.04. The van der Waals surface area contributed by atoms with Gasteiger partial charge in [-0.2, -0.15) is 0 Å². The lowest BCUT2D eigenvalue weighted by atomic mass is 9.75. The highest BCUT2D eigenvalue weighted by molar-refractivity contribution is 5.36. The number of hydrogen-bond acceptors (Lipinski definition) is 0. The van der Waals surface area contributed by atoms with E-state index in [1.54, 1.807) is 5.56 Å². The Morgan fingerprint density at radius 1 is 0.867 bits per heavy atom. The quantitative estimate of drug-likeness (QED) is 0.603. The Labute approximate surface area is 91.0 Å². The summed E-state index contributed by atoms with van der Waals surface area (Å²) in [6.45, 7) is 2.45. The fraction of sp³-hybridized carbons (Fsp3) is 0.467. The highest BCUT2D eigenvalue weighted by Gasteiger charge is 2.65.